The van der Waals surface area contributed by atoms with E-state index in [4.69, 9.17) is 18.0 Å². The number of rotatable bonds is 6. The second kappa shape index (κ2) is 6.12. The number of hydrogen-bond acceptors (Lipinski definition) is 4. The Morgan fingerprint density at radius 3 is 2.80 bits per heavy atom. The molecule has 20 heavy (non-hydrogen) atoms. The van der Waals surface area contributed by atoms with Gasteiger partial charge in [-0.3, -0.25) is 0 Å². The summed E-state index contributed by atoms with van der Waals surface area (Å²) in [6.07, 6.45) is 3.05. The molecule has 0 saturated heterocycles. The summed E-state index contributed by atoms with van der Waals surface area (Å²) in [4.78, 5) is 6.83. The third-order valence-electron chi connectivity index (χ3n) is 2.67. The molecule has 8 heteroatoms. The summed E-state index contributed by atoms with van der Waals surface area (Å²) in [5, 5.41) is 0. The van der Waals surface area contributed by atoms with Crippen molar-refractivity contribution in [3.8, 4) is 0 Å². The first kappa shape index (κ1) is 14.6. The van der Waals surface area contributed by atoms with Crippen LogP contribution in [0.2, 0.25) is 0 Å². The van der Waals surface area contributed by atoms with Gasteiger partial charge in [0.25, 0.3) is 0 Å². The summed E-state index contributed by atoms with van der Waals surface area (Å²) >= 11 is 4.92. The van der Waals surface area contributed by atoms with Gasteiger partial charge in [0.05, 0.1) is 18.6 Å². The zero-order chi connectivity index (χ0) is 14.6. The molecule has 0 saturated carbocycles. The van der Waals surface area contributed by atoms with E-state index < -0.39 is 10.0 Å². The highest BCUT2D eigenvalue weighted by atomic mass is 32.2. The van der Waals surface area contributed by atoms with Gasteiger partial charge in [0.15, 0.2) is 0 Å². The van der Waals surface area contributed by atoms with Crippen LogP contribution >= 0.6 is 12.2 Å². The third kappa shape index (κ3) is 3.86. The van der Waals surface area contributed by atoms with Gasteiger partial charge in [0.1, 0.15) is 4.99 Å². The number of aromatic amines is 1. The molecule has 0 aliphatic carbocycles. The Kier molecular flexibility index (Phi) is 4.48. The van der Waals surface area contributed by atoms with Crippen LogP contribution in [0.3, 0.4) is 0 Å². The highest BCUT2D eigenvalue weighted by Crippen LogP contribution is 2.12. The first-order valence-corrected chi connectivity index (χ1v) is 7.86. The van der Waals surface area contributed by atoms with Crippen molar-refractivity contribution in [2.75, 3.05) is 0 Å². The minimum absolute atomic E-state index is 0.164. The van der Waals surface area contributed by atoms with Crippen LogP contribution in [0.1, 0.15) is 16.8 Å². The molecule has 1 heterocycles. The number of nitrogens with zero attached hydrogens (tertiary/aromatic N) is 1. The van der Waals surface area contributed by atoms with E-state index in [2.05, 4.69) is 14.7 Å². The summed E-state index contributed by atoms with van der Waals surface area (Å²) < 4.78 is 26.6. The van der Waals surface area contributed by atoms with Gasteiger partial charge in [-0.05, 0) is 5.56 Å². The number of nitrogens with one attached hydrogen (secondary N) is 2. The van der Waals surface area contributed by atoms with Crippen molar-refractivity contribution in [3.05, 3.63) is 53.6 Å². The quantitative estimate of drug-likeness (QED) is 0.681. The number of sulfonamides is 1. The van der Waals surface area contributed by atoms with Crippen LogP contribution in [-0.4, -0.2) is 23.4 Å². The Morgan fingerprint density at radius 1 is 1.40 bits per heavy atom. The summed E-state index contributed by atoms with van der Waals surface area (Å²) in [7, 11) is -3.48. The lowest BCUT2D eigenvalue weighted by atomic mass is 10.1. The van der Waals surface area contributed by atoms with Crippen LogP contribution in [0.15, 0.2) is 36.8 Å². The number of hydrogen-bond donors (Lipinski definition) is 3. The van der Waals surface area contributed by atoms with Gasteiger partial charge in [-0.1, -0.05) is 36.5 Å². The molecule has 0 fully saturated rings. The largest absolute Gasteiger partial charge is 0.389 e. The molecule has 0 amide bonds. The number of aromatic nitrogens is 2. The van der Waals surface area contributed by atoms with Crippen molar-refractivity contribution in [2.24, 2.45) is 5.73 Å². The van der Waals surface area contributed by atoms with Crippen LogP contribution < -0.4 is 10.5 Å². The molecule has 1 aromatic heterocycles. The molecule has 0 unspecified atom stereocenters. The summed E-state index contributed by atoms with van der Waals surface area (Å²) in [6, 6.07) is 6.93. The Hall–Kier alpha value is -1.77. The van der Waals surface area contributed by atoms with E-state index in [1.807, 2.05) is 0 Å². The average Bonchev–Trinajstić information content (AvgIpc) is 2.89. The molecule has 106 valence electrons. The van der Waals surface area contributed by atoms with Gasteiger partial charge in [-0.15, -0.1) is 0 Å². The van der Waals surface area contributed by atoms with E-state index in [1.165, 1.54) is 6.33 Å². The fourth-order valence-electron chi connectivity index (χ4n) is 1.71. The molecule has 0 bridgehead atoms. The Balaban J connectivity index is 2.10. The molecule has 2 rings (SSSR count). The third-order valence-corrected chi connectivity index (χ3v) is 4.16. The molecular formula is C12H14N4O2S2. The first-order chi connectivity index (χ1) is 9.48. The van der Waals surface area contributed by atoms with Gasteiger partial charge in [0.2, 0.25) is 10.0 Å². The monoisotopic (exact) mass is 310 g/mol. The maximum Gasteiger partial charge on any atom is 0.216 e. The van der Waals surface area contributed by atoms with E-state index in [9.17, 15) is 8.42 Å². The lowest BCUT2D eigenvalue weighted by Crippen LogP contribution is -2.26. The number of imidazole rings is 1. The number of benzene rings is 1. The van der Waals surface area contributed by atoms with E-state index in [-0.39, 0.29) is 17.3 Å². The van der Waals surface area contributed by atoms with E-state index in [0.717, 1.165) is 0 Å². The molecule has 0 aliphatic rings. The van der Waals surface area contributed by atoms with Gasteiger partial charge >= 0.3 is 0 Å². The van der Waals surface area contributed by atoms with Crippen LogP contribution in [0.5, 0.6) is 0 Å². The minimum Gasteiger partial charge on any atom is -0.389 e. The minimum atomic E-state index is -3.48. The van der Waals surface area contributed by atoms with Crippen molar-refractivity contribution < 1.29 is 8.42 Å². The number of H-pyrrole nitrogens is 1. The van der Waals surface area contributed by atoms with E-state index >= 15 is 0 Å². The molecular weight excluding hydrogens is 296 g/mol. The van der Waals surface area contributed by atoms with Crippen molar-refractivity contribution in [1.82, 2.24) is 14.7 Å². The fourth-order valence-corrected chi connectivity index (χ4v) is 3.05. The second-order valence-electron chi connectivity index (χ2n) is 4.18. The van der Waals surface area contributed by atoms with Gasteiger partial charge in [-0.25, -0.2) is 18.1 Å². The standard InChI is InChI=1S/C12H14N4O2S2/c13-12(19)11-4-2-1-3-9(11)7-20(17,18)16-6-10-5-14-8-15-10/h1-5,8,16H,6-7H2,(H2,13,19)(H,14,15). The molecule has 4 N–H and O–H groups in total. The Morgan fingerprint density at radius 2 is 2.15 bits per heavy atom. The normalized spacial score (nSPS) is 11.4. The Labute approximate surface area is 122 Å². The molecule has 0 radical (unpaired) electrons. The van der Waals surface area contributed by atoms with Crippen molar-refractivity contribution in [3.63, 3.8) is 0 Å². The predicted octanol–water partition coefficient (Wildman–Crippen LogP) is 0.663. The number of nitrogens with two attached hydrogens (primary N) is 1. The lowest BCUT2D eigenvalue weighted by Gasteiger charge is -2.09. The van der Waals surface area contributed by atoms with Gasteiger partial charge in [0, 0.05) is 17.5 Å². The topological polar surface area (TPSA) is 101 Å². The zero-order valence-electron chi connectivity index (χ0n) is 10.5. The van der Waals surface area contributed by atoms with E-state index in [0.29, 0.717) is 16.8 Å². The van der Waals surface area contributed by atoms with Crippen LogP contribution in [0.25, 0.3) is 0 Å². The van der Waals surface area contributed by atoms with Crippen LogP contribution in [-0.2, 0) is 22.3 Å². The highest BCUT2D eigenvalue weighted by Gasteiger charge is 2.15. The summed E-state index contributed by atoms with van der Waals surface area (Å²) in [5.41, 5.74) is 7.44. The molecule has 1 aromatic carbocycles. The molecule has 0 spiro atoms. The van der Waals surface area contributed by atoms with Crippen LogP contribution in [0.4, 0.5) is 0 Å². The maximum absolute atomic E-state index is 12.0. The Bertz CT molecular complexity index is 696. The molecule has 6 nitrogen and oxygen atoms in total. The molecule has 0 aliphatic heterocycles. The average molecular weight is 310 g/mol. The maximum atomic E-state index is 12.0. The summed E-state index contributed by atoms with van der Waals surface area (Å²) in [5.74, 6) is -0.172. The van der Waals surface area contributed by atoms with Crippen LogP contribution in [0, 0.1) is 0 Å². The first-order valence-electron chi connectivity index (χ1n) is 5.80. The van der Waals surface area contributed by atoms with Gasteiger partial charge in [-0.2, -0.15) is 0 Å². The van der Waals surface area contributed by atoms with Crippen molar-refractivity contribution in [2.45, 2.75) is 12.3 Å². The van der Waals surface area contributed by atoms with Crippen molar-refractivity contribution >= 4 is 27.2 Å². The van der Waals surface area contributed by atoms with Crippen molar-refractivity contribution in [1.29, 1.82) is 0 Å². The molecule has 0 atom stereocenters. The molecule has 2 aromatic rings. The van der Waals surface area contributed by atoms with Gasteiger partial charge < -0.3 is 10.7 Å². The predicted molar refractivity (Wildman–Crippen MR) is 80.4 cm³/mol. The van der Waals surface area contributed by atoms with E-state index in [1.54, 1.807) is 30.5 Å². The lowest BCUT2D eigenvalue weighted by molar-refractivity contribution is 0.579. The number of thiocarbonyl (C=S) groups is 1. The smallest absolute Gasteiger partial charge is 0.216 e. The fraction of sp³-hybridized carbons (Fsp3) is 0.167. The SMILES string of the molecule is NC(=S)c1ccccc1CS(=O)(=O)NCc1cnc[nH]1. The summed E-state index contributed by atoms with van der Waals surface area (Å²) in [6.45, 7) is 0.164. The second-order valence-corrected chi connectivity index (χ2v) is 6.43. The highest BCUT2D eigenvalue weighted by molar-refractivity contribution is 7.88. The zero-order valence-corrected chi connectivity index (χ0v) is 12.2.